The van der Waals surface area contributed by atoms with Gasteiger partial charge in [-0.1, -0.05) is 19.1 Å². The molecule has 1 aliphatic heterocycles. The van der Waals surface area contributed by atoms with E-state index in [-0.39, 0.29) is 17.7 Å². The molecule has 1 saturated heterocycles. The van der Waals surface area contributed by atoms with Gasteiger partial charge in [-0.05, 0) is 42.9 Å². The number of nitrogens with zero attached hydrogens (tertiary/aromatic N) is 1. The Morgan fingerprint density at radius 3 is 2.38 bits per heavy atom. The largest absolute Gasteiger partial charge is 0.352 e. The first-order valence-corrected chi connectivity index (χ1v) is 7.81. The van der Waals surface area contributed by atoms with E-state index in [4.69, 9.17) is 0 Å². The maximum atomic E-state index is 12.2. The lowest BCUT2D eigenvalue weighted by molar-refractivity contribution is -0.122. The summed E-state index contributed by atoms with van der Waals surface area (Å²) in [6.07, 6.45) is 3.22. The molecular weight excluding hydrogens is 264 g/mol. The van der Waals surface area contributed by atoms with Crippen molar-refractivity contribution >= 4 is 11.8 Å². The molecule has 112 valence electrons. The van der Waals surface area contributed by atoms with Crippen molar-refractivity contribution in [3.8, 4) is 0 Å². The van der Waals surface area contributed by atoms with Gasteiger partial charge in [-0.3, -0.25) is 9.59 Å². The molecule has 0 bridgehead atoms. The molecule has 0 aromatic heterocycles. The number of carbonyl (C=O) groups is 2. The van der Waals surface area contributed by atoms with E-state index in [1.165, 1.54) is 0 Å². The molecule has 4 nitrogen and oxygen atoms in total. The third-order valence-corrected chi connectivity index (χ3v) is 4.51. The Morgan fingerprint density at radius 2 is 1.81 bits per heavy atom. The number of likely N-dealkylation sites (tertiary alicyclic amines) is 1. The van der Waals surface area contributed by atoms with Crippen LogP contribution in [-0.2, 0) is 11.3 Å². The van der Waals surface area contributed by atoms with Gasteiger partial charge < -0.3 is 10.2 Å². The first kappa shape index (κ1) is 14.1. The predicted octanol–water partition coefficient (Wildman–Crippen LogP) is 2.19. The van der Waals surface area contributed by atoms with Crippen molar-refractivity contribution in [1.29, 1.82) is 0 Å². The molecule has 21 heavy (non-hydrogen) atoms. The predicted molar refractivity (Wildman–Crippen MR) is 80.7 cm³/mol. The smallest absolute Gasteiger partial charge is 0.253 e. The Balaban J connectivity index is 1.53. The molecule has 4 heteroatoms. The molecule has 2 amide bonds. The second-order valence-corrected chi connectivity index (χ2v) is 6.23. The zero-order chi connectivity index (χ0) is 14.8. The molecule has 3 rings (SSSR count). The number of benzene rings is 1. The molecule has 2 fully saturated rings. The highest BCUT2D eigenvalue weighted by atomic mass is 16.2. The summed E-state index contributed by atoms with van der Waals surface area (Å²) in [5, 5.41) is 2.96. The van der Waals surface area contributed by atoms with E-state index < -0.39 is 0 Å². The van der Waals surface area contributed by atoms with Gasteiger partial charge in [0.2, 0.25) is 5.91 Å². The number of rotatable bonds is 4. The van der Waals surface area contributed by atoms with Crippen molar-refractivity contribution in [3.63, 3.8) is 0 Å². The second kappa shape index (κ2) is 5.88. The first-order chi connectivity index (χ1) is 10.1. The molecule has 2 atom stereocenters. The summed E-state index contributed by atoms with van der Waals surface area (Å²) in [5.74, 6) is 1.01. The first-order valence-electron chi connectivity index (χ1n) is 7.81. The second-order valence-electron chi connectivity index (χ2n) is 6.23. The van der Waals surface area contributed by atoms with Crippen LogP contribution in [0.4, 0.5) is 0 Å². The van der Waals surface area contributed by atoms with Crippen molar-refractivity contribution in [2.75, 3.05) is 13.1 Å². The fourth-order valence-electron chi connectivity index (χ4n) is 2.88. The lowest BCUT2D eigenvalue weighted by Crippen LogP contribution is -2.27. The highest BCUT2D eigenvalue weighted by Crippen LogP contribution is 2.37. The van der Waals surface area contributed by atoms with Crippen LogP contribution >= 0.6 is 0 Å². The number of hydrogen-bond donors (Lipinski definition) is 1. The molecule has 1 aliphatic carbocycles. The van der Waals surface area contributed by atoms with Gasteiger partial charge in [-0.2, -0.15) is 0 Å². The summed E-state index contributed by atoms with van der Waals surface area (Å²) in [7, 11) is 0. The van der Waals surface area contributed by atoms with Crippen molar-refractivity contribution in [2.24, 2.45) is 11.8 Å². The minimum Gasteiger partial charge on any atom is -0.352 e. The topological polar surface area (TPSA) is 49.4 Å². The van der Waals surface area contributed by atoms with E-state index in [0.29, 0.717) is 12.5 Å². The maximum absolute atomic E-state index is 12.2. The van der Waals surface area contributed by atoms with Crippen LogP contribution in [0.15, 0.2) is 24.3 Å². The van der Waals surface area contributed by atoms with E-state index in [1.807, 2.05) is 29.2 Å². The van der Waals surface area contributed by atoms with Crippen LogP contribution in [-0.4, -0.2) is 29.8 Å². The summed E-state index contributed by atoms with van der Waals surface area (Å²) < 4.78 is 0. The van der Waals surface area contributed by atoms with Crippen molar-refractivity contribution in [3.05, 3.63) is 35.4 Å². The molecule has 1 N–H and O–H groups in total. The van der Waals surface area contributed by atoms with Crippen LogP contribution in [0, 0.1) is 11.8 Å². The van der Waals surface area contributed by atoms with Crippen LogP contribution in [0.5, 0.6) is 0 Å². The molecule has 1 saturated carbocycles. The molecule has 0 unspecified atom stereocenters. The number of amides is 2. The van der Waals surface area contributed by atoms with Gasteiger partial charge in [0.05, 0.1) is 0 Å². The lowest BCUT2D eigenvalue weighted by atomic mass is 10.1. The summed E-state index contributed by atoms with van der Waals surface area (Å²) in [6.45, 7) is 4.38. The Morgan fingerprint density at radius 1 is 1.19 bits per heavy atom. The zero-order valence-corrected chi connectivity index (χ0v) is 12.5. The van der Waals surface area contributed by atoms with Crippen molar-refractivity contribution < 1.29 is 9.59 Å². The average molecular weight is 286 g/mol. The molecule has 1 aromatic carbocycles. The Labute approximate surface area is 125 Å². The molecule has 2 aliphatic rings. The van der Waals surface area contributed by atoms with Gasteiger partial charge in [-0.25, -0.2) is 0 Å². The van der Waals surface area contributed by atoms with Gasteiger partial charge in [0, 0.05) is 31.1 Å². The molecule has 0 radical (unpaired) electrons. The van der Waals surface area contributed by atoms with E-state index in [1.54, 1.807) is 0 Å². The average Bonchev–Trinajstić information content (AvgIpc) is 3.02. The van der Waals surface area contributed by atoms with E-state index in [0.717, 1.165) is 43.5 Å². The molecule has 0 spiro atoms. The van der Waals surface area contributed by atoms with Crippen LogP contribution in [0.1, 0.15) is 42.1 Å². The van der Waals surface area contributed by atoms with Crippen LogP contribution in [0.25, 0.3) is 0 Å². The van der Waals surface area contributed by atoms with Crippen LogP contribution < -0.4 is 5.32 Å². The summed E-state index contributed by atoms with van der Waals surface area (Å²) in [5.41, 5.74) is 1.78. The molecule has 1 aromatic rings. The monoisotopic (exact) mass is 286 g/mol. The van der Waals surface area contributed by atoms with Crippen molar-refractivity contribution in [2.45, 2.75) is 32.7 Å². The third kappa shape index (κ3) is 3.26. The minimum atomic E-state index is 0.120. The summed E-state index contributed by atoms with van der Waals surface area (Å²) in [4.78, 5) is 25.9. The fourth-order valence-corrected chi connectivity index (χ4v) is 2.88. The minimum absolute atomic E-state index is 0.120. The van der Waals surface area contributed by atoms with Gasteiger partial charge in [-0.15, -0.1) is 0 Å². The summed E-state index contributed by atoms with van der Waals surface area (Å²) in [6, 6.07) is 7.59. The van der Waals surface area contributed by atoms with E-state index in [2.05, 4.69) is 12.2 Å². The van der Waals surface area contributed by atoms with Crippen LogP contribution in [0.3, 0.4) is 0 Å². The Kier molecular flexibility index (Phi) is 3.95. The van der Waals surface area contributed by atoms with E-state index in [9.17, 15) is 9.59 Å². The SMILES string of the molecule is C[C@@H]1C[C@@H]1C(=O)NCc1ccc(C(=O)N2CCCC2)cc1. The highest BCUT2D eigenvalue weighted by molar-refractivity contribution is 5.94. The lowest BCUT2D eigenvalue weighted by Gasteiger charge is -2.15. The summed E-state index contributed by atoms with van der Waals surface area (Å²) >= 11 is 0. The Bertz CT molecular complexity index is 532. The normalized spacial score (nSPS) is 24.0. The van der Waals surface area contributed by atoms with Gasteiger partial charge >= 0.3 is 0 Å². The van der Waals surface area contributed by atoms with Crippen molar-refractivity contribution in [1.82, 2.24) is 10.2 Å². The molecular formula is C17H22N2O2. The third-order valence-electron chi connectivity index (χ3n) is 4.51. The van der Waals surface area contributed by atoms with Gasteiger partial charge in [0.15, 0.2) is 0 Å². The van der Waals surface area contributed by atoms with Crippen LogP contribution in [0.2, 0.25) is 0 Å². The molecule has 1 heterocycles. The van der Waals surface area contributed by atoms with Gasteiger partial charge in [0.25, 0.3) is 5.91 Å². The number of carbonyl (C=O) groups excluding carboxylic acids is 2. The zero-order valence-electron chi connectivity index (χ0n) is 12.5. The Hall–Kier alpha value is -1.84. The highest BCUT2D eigenvalue weighted by Gasteiger charge is 2.38. The maximum Gasteiger partial charge on any atom is 0.253 e. The fraction of sp³-hybridized carbons (Fsp3) is 0.529. The quantitative estimate of drug-likeness (QED) is 0.922. The number of hydrogen-bond acceptors (Lipinski definition) is 2. The van der Waals surface area contributed by atoms with Gasteiger partial charge in [0.1, 0.15) is 0 Å². The standard InChI is InChI=1S/C17H22N2O2/c1-12-10-15(12)16(20)18-11-13-4-6-14(7-5-13)17(21)19-8-2-3-9-19/h4-7,12,15H,2-3,8-11H2,1H3,(H,18,20)/t12-,15+/m1/s1. The van der Waals surface area contributed by atoms with E-state index >= 15 is 0 Å². The number of nitrogens with one attached hydrogen (secondary N) is 1.